The molecule has 1 fully saturated rings. The van der Waals surface area contributed by atoms with E-state index in [1.165, 1.54) is 6.07 Å². The van der Waals surface area contributed by atoms with Crippen molar-refractivity contribution in [2.45, 2.75) is 25.6 Å². The maximum Gasteiger partial charge on any atom is 0.269 e. The highest BCUT2D eigenvalue weighted by Gasteiger charge is 2.13. The number of non-ortho nitro benzene ring substituents is 1. The number of hydrogen-bond acceptors (Lipinski definition) is 4. The van der Waals surface area contributed by atoms with Crippen molar-refractivity contribution in [3.8, 4) is 0 Å². The average Bonchev–Trinajstić information content (AvgIpc) is 2.38. The number of nitro groups is 1. The highest BCUT2D eigenvalue weighted by atomic mass is 16.6. The topological polar surface area (TPSA) is 64.4 Å². The van der Waals surface area contributed by atoms with E-state index in [1.54, 1.807) is 12.1 Å². The van der Waals surface area contributed by atoms with Gasteiger partial charge in [0.05, 0.1) is 17.6 Å². The van der Waals surface area contributed by atoms with Gasteiger partial charge in [-0.1, -0.05) is 12.1 Å². The lowest BCUT2D eigenvalue weighted by atomic mass is 10.1. The molecule has 17 heavy (non-hydrogen) atoms. The molecule has 1 saturated heterocycles. The molecular formula is C12H16N2O3. The van der Waals surface area contributed by atoms with Gasteiger partial charge in [-0.05, 0) is 24.9 Å². The SMILES string of the molecule is O=[N+]([O-])c1cccc(COC2CCCNC2)c1. The Morgan fingerprint density at radius 2 is 2.41 bits per heavy atom. The van der Waals surface area contributed by atoms with Crippen LogP contribution in [0.15, 0.2) is 24.3 Å². The summed E-state index contributed by atoms with van der Waals surface area (Å²) in [4.78, 5) is 10.2. The summed E-state index contributed by atoms with van der Waals surface area (Å²) in [6, 6.07) is 6.60. The van der Waals surface area contributed by atoms with Gasteiger partial charge in [-0.2, -0.15) is 0 Å². The second-order valence-corrected chi connectivity index (χ2v) is 4.21. The van der Waals surface area contributed by atoms with Gasteiger partial charge in [-0.3, -0.25) is 10.1 Å². The number of nitrogens with zero attached hydrogens (tertiary/aromatic N) is 1. The molecule has 0 amide bonds. The van der Waals surface area contributed by atoms with Gasteiger partial charge in [0.2, 0.25) is 0 Å². The molecule has 5 heteroatoms. The van der Waals surface area contributed by atoms with Crippen molar-refractivity contribution < 1.29 is 9.66 Å². The zero-order chi connectivity index (χ0) is 12.1. The Morgan fingerprint density at radius 1 is 1.53 bits per heavy atom. The summed E-state index contributed by atoms with van der Waals surface area (Å²) in [7, 11) is 0. The quantitative estimate of drug-likeness (QED) is 0.640. The van der Waals surface area contributed by atoms with Crippen LogP contribution < -0.4 is 5.32 Å². The molecule has 0 bridgehead atoms. The second-order valence-electron chi connectivity index (χ2n) is 4.21. The number of piperidine rings is 1. The van der Waals surface area contributed by atoms with Gasteiger partial charge in [-0.25, -0.2) is 0 Å². The van der Waals surface area contributed by atoms with Gasteiger partial charge in [-0.15, -0.1) is 0 Å². The van der Waals surface area contributed by atoms with Gasteiger partial charge < -0.3 is 10.1 Å². The van der Waals surface area contributed by atoms with Crippen molar-refractivity contribution in [1.82, 2.24) is 5.32 Å². The highest BCUT2D eigenvalue weighted by Crippen LogP contribution is 2.15. The van der Waals surface area contributed by atoms with E-state index >= 15 is 0 Å². The first-order chi connectivity index (χ1) is 8.25. The number of benzene rings is 1. The molecule has 92 valence electrons. The summed E-state index contributed by atoms with van der Waals surface area (Å²) in [6.45, 7) is 2.36. The number of rotatable bonds is 4. The van der Waals surface area contributed by atoms with Crippen molar-refractivity contribution in [3.63, 3.8) is 0 Å². The molecule has 5 nitrogen and oxygen atoms in total. The monoisotopic (exact) mass is 236 g/mol. The maximum atomic E-state index is 10.6. The summed E-state index contributed by atoms with van der Waals surface area (Å²) in [6.07, 6.45) is 2.41. The van der Waals surface area contributed by atoms with Crippen LogP contribution in [-0.2, 0) is 11.3 Å². The molecule has 1 atom stereocenters. The smallest absolute Gasteiger partial charge is 0.269 e. The Balaban J connectivity index is 1.89. The van der Waals surface area contributed by atoms with Crippen molar-refractivity contribution in [3.05, 3.63) is 39.9 Å². The van der Waals surface area contributed by atoms with E-state index in [4.69, 9.17) is 4.74 Å². The third-order valence-electron chi connectivity index (χ3n) is 2.86. The normalized spacial score (nSPS) is 20.1. The fourth-order valence-corrected chi connectivity index (χ4v) is 1.94. The molecule has 2 rings (SSSR count). The van der Waals surface area contributed by atoms with E-state index in [0.717, 1.165) is 31.5 Å². The molecule has 0 aromatic heterocycles. The van der Waals surface area contributed by atoms with Crippen LogP contribution in [0, 0.1) is 10.1 Å². The Bertz CT molecular complexity index is 389. The fraction of sp³-hybridized carbons (Fsp3) is 0.500. The average molecular weight is 236 g/mol. The van der Waals surface area contributed by atoms with E-state index in [9.17, 15) is 10.1 Å². The van der Waals surface area contributed by atoms with Crippen molar-refractivity contribution in [2.75, 3.05) is 13.1 Å². The van der Waals surface area contributed by atoms with Crippen LogP contribution in [0.4, 0.5) is 5.69 Å². The van der Waals surface area contributed by atoms with Crippen LogP contribution in [0.5, 0.6) is 0 Å². The molecular weight excluding hydrogens is 220 g/mol. The van der Waals surface area contributed by atoms with E-state index in [0.29, 0.717) is 6.61 Å². The van der Waals surface area contributed by atoms with E-state index < -0.39 is 0 Å². The van der Waals surface area contributed by atoms with Crippen molar-refractivity contribution in [2.24, 2.45) is 0 Å². The number of nitrogens with one attached hydrogen (secondary N) is 1. The summed E-state index contributed by atoms with van der Waals surface area (Å²) in [5, 5.41) is 13.9. The van der Waals surface area contributed by atoms with E-state index in [1.807, 2.05) is 6.07 Å². The third kappa shape index (κ3) is 3.51. The lowest BCUT2D eigenvalue weighted by molar-refractivity contribution is -0.385. The van der Waals surface area contributed by atoms with Crippen LogP contribution in [0.25, 0.3) is 0 Å². The van der Waals surface area contributed by atoms with E-state index in [-0.39, 0.29) is 16.7 Å². The van der Waals surface area contributed by atoms with Crippen LogP contribution in [0.3, 0.4) is 0 Å². The van der Waals surface area contributed by atoms with Gasteiger partial charge in [0.25, 0.3) is 5.69 Å². The van der Waals surface area contributed by atoms with Crippen LogP contribution >= 0.6 is 0 Å². The predicted molar refractivity (Wildman–Crippen MR) is 63.8 cm³/mol. The zero-order valence-electron chi connectivity index (χ0n) is 9.59. The highest BCUT2D eigenvalue weighted by molar-refractivity contribution is 5.33. The number of hydrogen-bond donors (Lipinski definition) is 1. The lowest BCUT2D eigenvalue weighted by Crippen LogP contribution is -2.35. The molecule has 1 unspecified atom stereocenters. The molecule has 0 spiro atoms. The lowest BCUT2D eigenvalue weighted by Gasteiger charge is -2.23. The first-order valence-electron chi connectivity index (χ1n) is 5.81. The fourth-order valence-electron chi connectivity index (χ4n) is 1.94. The van der Waals surface area contributed by atoms with Crippen LogP contribution in [0.1, 0.15) is 18.4 Å². The Kier molecular flexibility index (Phi) is 4.06. The van der Waals surface area contributed by atoms with E-state index in [2.05, 4.69) is 5.32 Å². The first-order valence-corrected chi connectivity index (χ1v) is 5.81. The molecule has 1 N–H and O–H groups in total. The Morgan fingerprint density at radius 3 is 3.12 bits per heavy atom. The molecule has 1 aromatic carbocycles. The largest absolute Gasteiger partial charge is 0.372 e. The molecule has 1 aliphatic heterocycles. The Hall–Kier alpha value is -1.46. The summed E-state index contributed by atoms with van der Waals surface area (Å²) in [5.74, 6) is 0. The minimum absolute atomic E-state index is 0.118. The molecule has 1 aromatic rings. The minimum Gasteiger partial charge on any atom is -0.372 e. The van der Waals surface area contributed by atoms with Crippen molar-refractivity contribution >= 4 is 5.69 Å². The maximum absolute atomic E-state index is 10.6. The number of ether oxygens (including phenoxy) is 1. The number of nitro benzene ring substituents is 1. The zero-order valence-corrected chi connectivity index (χ0v) is 9.59. The van der Waals surface area contributed by atoms with Crippen molar-refractivity contribution in [1.29, 1.82) is 0 Å². The first kappa shape index (κ1) is 12.0. The van der Waals surface area contributed by atoms with Gasteiger partial charge >= 0.3 is 0 Å². The summed E-state index contributed by atoms with van der Waals surface area (Å²) < 4.78 is 5.72. The van der Waals surface area contributed by atoms with Gasteiger partial charge in [0.1, 0.15) is 0 Å². The van der Waals surface area contributed by atoms with Crippen LogP contribution in [-0.4, -0.2) is 24.1 Å². The molecule has 1 aliphatic rings. The Labute approximate surface area is 99.9 Å². The standard InChI is InChI=1S/C12H16N2O3/c15-14(16)11-4-1-3-10(7-11)9-17-12-5-2-6-13-8-12/h1,3-4,7,12-13H,2,5-6,8-9H2. The molecule has 0 aliphatic carbocycles. The minimum atomic E-state index is -0.383. The van der Waals surface area contributed by atoms with Gasteiger partial charge in [0.15, 0.2) is 0 Å². The molecule has 1 heterocycles. The summed E-state index contributed by atoms with van der Waals surface area (Å²) in [5.41, 5.74) is 0.970. The van der Waals surface area contributed by atoms with Crippen LogP contribution in [0.2, 0.25) is 0 Å². The summed E-state index contributed by atoms with van der Waals surface area (Å²) >= 11 is 0. The molecule has 0 saturated carbocycles. The second kappa shape index (κ2) is 5.75. The predicted octanol–water partition coefficient (Wildman–Crippen LogP) is 1.86. The third-order valence-corrected chi connectivity index (χ3v) is 2.86. The molecule has 0 radical (unpaired) electrons. The van der Waals surface area contributed by atoms with Gasteiger partial charge in [0, 0.05) is 18.7 Å².